The molecule has 3 aromatic carbocycles. The summed E-state index contributed by atoms with van der Waals surface area (Å²) in [5.74, 6) is 0.650. The first-order valence-corrected chi connectivity index (χ1v) is 16.8. The Kier molecular flexibility index (Phi) is 15.1. The van der Waals surface area contributed by atoms with Gasteiger partial charge in [0.25, 0.3) is 0 Å². The van der Waals surface area contributed by atoms with Crippen molar-refractivity contribution in [1.29, 1.82) is 0 Å². The summed E-state index contributed by atoms with van der Waals surface area (Å²) in [7, 11) is 0. The summed E-state index contributed by atoms with van der Waals surface area (Å²) in [6, 6.07) is 54.2. The first-order chi connectivity index (χ1) is 23.2. The first kappa shape index (κ1) is 36.3. The van der Waals surface area contributed by atoms with Gasteiger partial charge in [0.05, 0.1) is 0 Å². The standard InChI is InChI=1S/C21H22NS.2C11H8N.Ir/c1-3-16(2)18-10-7-17(8-11-18)9-12-19-13-14-21(23-19)20-6-4-5-15-22-20;2*1-2-6-10(7-3-1)11-8-4-5-9-12-11;/h4-8,10-11,13,15-16H,3,9,12H2,1-2H3;2*1-6,8-9H;/q3*-1;+3. The van der Waals surface area contributed by atoms with Crippen LogP contribution in [0.4, 0.5) is 0 Å². The monoisotopic (exact) mass is 821 g/mol. The van der Waals surface area contributed by atoms with Crippen LogP contribution in [-0.4, -0.2) is 15.0 Å². The predicted molar refractivity (Wildman–Crippen MR) is 196 cm³/mol. The van der Waals surface area contributed by atoms with Crippen LogP contribution in [0.1, 0.15) is 42.2 Å². The fourth-order valence-electron chi connectivity index (χ4n) is 4.75. The van der Waals surface area contributed by atoms with Crippen molar-refractivity contribution in [2.45, 2.75) is 39.0 Å². The molecule has 0 spiro atoms. The molecule has 0 saturated heterocycles. The molecule has 240 valence electrons. The molecule has 5 heteroatoms. The van der Waals surface area contributed by atoms with Crippen molar-refractivity contribution in [3.8, 4) is 33.1 Å². The SMILES string of the molecule is CCC(C)c1ccc(CCc2c[c-]c(-c3ccccn3)s2)cc1.[Ir+3].[c-]1ccccc1-c1ccccn1.[c-]1ccccc1-c1ccccn1. The third-order valence-corrected chi connectivity index (χ3v) is 8.73. The van der Waals surface area contributed by atoms with Crippen LogP contribution in [0.2, 0.25) is 0 Å². The minimum absolute atomic E-state index is 0. The van der Waals surface area contributed by atoms with E-state index in [9.17, 15) is 0 Å². The first-order valence-electron chi connectivity index (χ1n) is 16.0. The maximum Gasteiger partial charge on any atom is 3.00 e. The Labute approximate surface area is 303 Å². The van der Waals surface area contributed by atoms with Gasteiger partial charge in [-0.15, -0.1) is 71.8 Å². The smallest absolute Gasteiger partial charge is 0.319 e. The Balaban J connectivity index is 0.000000176. The quantitative estimate of drug-likeness (QED) is 0.143. The van der Waals surface area contributed by atoms with Crippen molar-refractivity contribution in [3.63, 3.8) is 0 Å². The van der Waals surface area contributed by atoms with Gasteiger partial charge in [-0.3, -0.25) is 0 Å². The summed E-state index contributed by atoms with van der Waals surface area (Å²) in [5.41, 5.74) is 7.89. The van der Waals surface area contributed by atoms with Crippen LogP contribution in [0.3, 0.4) is 0 Å². The van der Waals surface area contributed by atoms with E-state index in [4.69, 9.17) is 0 Å². The number of pyridine rings is 3. The van der Waals surface area contributed by atoms with Gasteiger partial charge >= 0.3 is 20.1 Å². The number of benzene rings is 3. The molecule has 0 aliphatic rings. The molecule has 4 heterocycles. The Hall–Kier alpha value is -4.54. The molecule has 0 N–H and O–H groups in total. The summed E-state index contributed by atoms with van der Waals surface area (Å²) >= 11 is 1.80. The van der Waals surface area contributed by atoms with Crippen molar-refractivity contribution in [3.05, 3.63) is 186 Å². The molecular formula is C43H38IrN3S. The molecule has 0 aliphatic carbocycles. The topological polar surface area (TPSA) is 38.7 Å². The fourth-order valence-corrected chi connectivity index (χ4v) is 5.68. The number of hydrogen-bond donors (Lipinski definition) is 0. The van der Waals surface area contributed by atoms with Crippen LogP contribution in [0.5, 0.6) is 0 Å². The largest absolute Gasteiger partial charge is 3.00 e. The van der Waals surface area contributed by atoms with E-state index >= 15 is 0 Å². The van der Waals surface area contributed by atoms with Gasteiger partial charge in [0.15, 0.2) is 0 Å². The predicted octanol–water partition coefficient (Wildman–Crippen LogP) is 11.0. The van der Waals surface area contributed by atoms with E-state index in [1.165, 1.54) is 22.4 Å². The Morgan fingerprint density at radius 3 is 1.56 bits per heavy atom. The Morgan fingerprint density at radius 2 is 1.10 bits per heavy atom. The van der Waals surface area contributed by atoms with E-state index in [0.29, 0.717) is 5.92 Å². The number of aryl methyl sites for hydroxylation is 2. The molecule has 1 unspecified atom stereocenters. The molecule has 7 rings (SSSR count). The van der Waals surface area contributed by atoms with Crippen molar-refractivity contribution >= 4 is 11.3 Å². The molecule has 3 nitrogen and oxygen atoms in total. The van der Waals surface area contributed by atoms with Crippen molar-refractivity contribution in [2.24, 2.45) is 0 Å². The molecule has 7 aromatic rings. The second kappa shape index (κ2) is 20.0. The van der Waals surface area contributed by atoms with Crippen molar-refractivity contribution in [1.82, 2.24) is 15.0 Å². The zero-order chi connectivity index (χ0) is 32.5. The summed E-state index contributed by atoms with van der Waals surface area (Å²) in [4.78, 5) is 15.3. The van der Waals surface area contributed by atoms with Gasteiger partial charge in [-0.1, -0.05) is 90.7 Å². The average Bonchev–Trinajstić information content (AvgIpc) is 3.65. The van der Waals surface area contributed by atoms with Gasteiger partial charge in [-0.25, -0.2) is 11.3 Å². The summed E-state index contributed by atoms with van der Waals surface area (Å²) in [6.45, 7) is 4.53. The number of hydrogen-bond acceptors (Lipinski definition) is 4. The van der Waals surface area contributed by atoms with Crippen LogP contribution >= 0.6 is 11.3 Å². The van der Waals surface area contributed by atoms with Gasteiger partial charge < -0.3 is 15.0 Å². The zero-order valence-corrected chi connectivity index (χ0v) is 30.4. The van der Waals surface area contributed by atoms with E-state index in [1.54, 1.807) is 23.7 Å². The van der Waals surface area contributed by atoms with Crippen LogP contribution < -0.4 is 0 Å². The van der Waals surface area contributed by atoms with E-state index < -0.39 is 0 Å². The summed E-state index contributed by atoms with van der Waals surface area (Å²) < 4.78 is 0. The van der Waals surface area contributed by atoms with E-state index in [-0.39, 0.29) is 20.1 Å². The molecule has 4 aromatic heterocycles. The van der Waals surface area contributed by atoms with E-state index in [0.717, 1.165) is 45.9 Å². The van der Waals surface area contributed by atoms with Gasteiger partial charge in [0.1, 0.15) is 0 Å². The maximum atomic E-state index is 4.39. The van der Waals surface area contributed by atoms with Gasteiger partial charge in [0.2, 0.25) is 0 Å². The van der Waals surface area contributed by atoms with Crippen LogP contribution in [0, 0.1) is 18.2 Å². The molecule has 0 saturated carbocycles. The van der Waals surface area contributed by atoms with Gasteiger partial charge in [0, 0.05) is 18.6 Å². The molecular weight excluding hydrogens is 783 g/mol. The molecule has 48 heavy (non-hydrogen) atoms. The molecule has 0 fully saturated rings. The second-order valence-corrected chi connectivity index (χ2v) is 12.1. The average molecular weight is 821 g/mol. The van der Waals surface area contributed by atoms with Crippen molar-refractivity contribution < 1.29 is 20.1 Å². The van der Waals surface area contributed by atoms with Crippen LogP contribution in [0.15, 0.2) is 152 Å². The summed E-state index contributed by atoms with van der Waals surface area (Å²) in [5, 5.41) is 0. The van der Waals surface area contributed by atoms with E-state index in [1.807, 2.05) is 109 Å². The second-order valence-electron chi connectivity index (χ2n) is 10.9. The third-order valence-electron chi connectivity index (χ3n) is 7.62. The Morgan fingerprint density at radius 1 is 0.583 bits per heavy atom. The number of nitrogens with zero attached hydrogens (tertiary/aromatic N) is 3. The van der Waals surface area contributed by atoms with Gasteiger partial charge in [-0.2, -0.15) is 12.1 Å². The number of aromatic nitrogens is 3. The van der Waals surface area contributed by atoms with Crippen LogP contribution in [0.25, 0.3) is 33.1 Å². The van der Waals surface area contributed by atoms with E-state index in [2.05, 4.69) is 77.3 Å². The summed E-state index contributed by atoms with van der Waals surface area (Å²) in [6.07, 6.45) is 8.75. The third kappa shape index (κ3) is 11.3. The molecule has 0 radical (unpaired) electrons. The molecule has 0 amide bonds. The van der Waals surface area contributed by atoms with Crippen molar-refractivity contribution in [2.75, 3.05) is 0 Å². The molecule has 1 atom stereocenters. The maximum absolute atomic E-state index is 4.39. The number of rotatable bonds is 8. The Bertz CT molecular complexity index is 1700. The van der Waals surface area contributed by atoms with Gasteiger partial charge in [-0.05, 0) is 65.2 Å². The zero-order valence-electron chi connectivity index (χ0n) is 27.2. The normalized spacial score (nSPS) is 10.7. The molecule has 0 bridgehead atoms. The number of thiophene rings is 1. The molecule has 0 aliphatic heterocycles. The minimum atomic E-state index is 0. The van der Waals surface area contributed by atoms with Crippen LogP contribution in [-0.2, 0) is 32.9 Å². The fraction of sp³-hybridized carbons (Fsp3) is 0.140. The minimum Gasteiger partial charge on any atom is -0.319 e.